The molecule has 3 rings (SSSR count). The van der Waals surface area contributed by atoms with Gasteiger partial charge in [-0.05, 0) is 59.9 Å². The molecule has 0 radical (unpaired) electrons. The Hall–Kier alpha value is -2.31. The number of rotatable bonds is 6. The number of carbonyl (C=O) groups excluding carboxylic acids is 1. The molecule has 1 fully saturated rings. The average Bonchev–Trinajstić information content (AvgIpc) is 2.71. The van der Waals surface area contributed by atoms with E-state index < -0.39 is 23.8 Å². The second-order valence-corrected chi connectivity index (χ2v) is 9.91. The summed E-state index contributed by atoms with van der Waals surface area (Å²) in [6.07, 6.45) is 1.87. The van der Waals surface area contributed by atoms with E-state index in [0.29, 0.717) is 5.56 Å². The lowest BCUT2D eigenvalue weighted by Gasteiger charge is -2.37. The van der Waals surface area contributed by atoms with Crippen LogP contribution in [0.25, 0.3) is 0 Å². The molecule has 4 nitrogen and oxygen atoms in total. The Bertz CT molecular complexity index is 921. The van der Waals surface area contributed by atoms with Gasteiger partial charge in [0.1, 0.15) is 11.6 Å². The van der Waals surface area contributed by atoms with Gasteiger partial charge in [0.05, 0.1) is 12.1 Å². The third-order valence-corrected chi connectivity index (χ3v) is 6.17. The van der Waals surface area contributed by atoms with Gasteiger partial charge in [-0.15, -0.1) is 0 Å². The van der Waals surface area contributed by atoms with Crippen molar-refractivity contribution in [3.63, 3.8) is 0 Å². The minimum Gasteiger partial charge on any atom is -0.389 e. The van der Waals surface area contributed by atoms with Crippen LogP contribution in [0.3, 0.4) is 0 Å². The van der Waals surface area contributed by atoms with Gasteiger partial charge in [0.2, 0.25) is 5.91 Å². The predicted octanol–water partition coefficient (Wildman–Crippen LogP) is 4.55. The number of aliphatic hydroxyl groups is 1. The number of nitrogens with one attached hydrogen (secondary N) is 2. The van der Waals surface area contributed by atoms with E-state index in [2.05, 4.69) is 55.7 Å². The van der Waals surface area contributed by atoms with Crippen molar-refractivity contribution in [3.8, 4) is 0 Å². The Kier molecular flexibility index (Phi) is 7.67. The summed E-state index contributed by atoms with van der Waals surface area (Å²) >= 11 is 0. The molecule has 1 aliphatic rings. The molecule has 4 atom stereocenters. The van der Waals surface area contributed by atoms with Gasteiger partial charge >= 0.3 is 0 Å². The van der Waals surface area contributed by atoms with E-state index >= 15 is 0 Å². The normalized spacial score (nSPS) is 21.1. The zero-order valence-electron chi connectivity index (χ0n) is 19.3. The van der Waals surface area contributed by atoms with Crippen LogP contribution in [0.15, 0.2) is 42.5 Å². The van der Waals surface area contributed by atoms with Gasteiger partial charge in [-0.25, -0.2) is 8.78 Å². The maximum Gasteiger partial charge on any atom is 0.217 e. The number of hydrogen-bond acceptors (Lipinski definition) is 3. The molecule has 1 heterocycles. The fourth-order valence-electron chi connectivity index (χ4n) is 4.50. The topological polar surface area (TPSA) is 61.4 Å². The zero-order valence-corrected chi connectivity index (χ0v) is 19.3. The van der Waals surface area contributed by atoms with E-state index in [1.165, 1.54) is 30.2 Å². The molecule has 0 saturated carbocycles. The fraction of sp³-hybridized carbons (Fsp3) is 0.500. The van der Waals surface area contributed by atoms with Gasteiger partial charge in [0, 0.05) is 25.1 Å². The lowest BCUT2D eigenvalue weighted by Crippen LogP contribution is -2.55. The summed E-state index contributed by atoms with van der Waals surface area (Å²) in [6.45, 7) is 7.92. The largest absolute Gasteiger partial charge is 0.389 e. The van der Waals surface area contributed by atoms with E-state index in [9.17, 15) is 18.7 Å². The summed E-state index contributed by atoms with van der Waals surface area (Å²) in [5.41, 5.74) is 2.87. The third kappa shape index (κ3) is 6.36. The number of hydrogen-bond donors (Lipinski definition) is 3. The van der Waals surface area contributed by atoms with Gasteiger partial charge in [-0.1, -0.05) is 45.0 Å². The Labute approximate surface area is 189 Å². The van der Waals surface area contributed by atoms with E-state index in [1.54, 1.807) is 0 Å². The van der Waals surface area contributed by atoms with Crippen LogP contribution >= 0.6 is 0 Å². The van der Waals surface area contributed by atoms with Crippen molar-refractivity contribution in [1.82, 2.24) is 10.6 Å². The summed E-state index contributed by atoms with van der Waals surface area (Å²) in [5, 5.41) is 17.5. The molecule has 6 heteroatoms. The first-order valence-corrected chi connectivity index (χ1v) is 11.3. The standard InChI is InChI=1S/C26H34F2N2O2/c1-16(31)29-24(13-17-11-20(27)15-21(28)12-17)25(32)23-10-6-9-22(30-23)18-7-5-8-19(14-18)26(2,3)4/h5,7-8,11-12,14-15,22-25,30,32H,6,9-10,13H2,1-4H3,(H,29,31). The van der Waals surface area contributed by atoms with Crippen molar-refractivity contribution in [2.45, 2.75) is 83.0 Å². The number of piperidine rings is 1. The molecule has 0 aromatic heterocycles. The minimum absolute atomic E-state index is 0.0420. The van der Waals surface area contributed by atoms with Crippen molar-refractivity contribution < 1.29 is 18.7 Å². The summed E-state index contributed by atoms with van der Waals surface area (Å²) in [7, 11) is 0. The maximum atomic E-state index is 13.6. The van der Waals surface area contributed by atoms with Crippen LogP contribution in [0.2, 0.25) is 0 Å². The smallest absolute Gasteiger partial charge is 0.217 e. The number of benzene rings is 2. The van der Waals surface area contributed by atoms with Crippen LogP contribution in [0.4, 0.5) is 8.78 Å². The highest BCUT2D eigenvalue weighted by Crippen LogP contribution is 2.31. The van der Waals surface area contributed by atoms with Crippen LogP contribution in [-0.2, 0) is 16.6 Å². The highest BCUT2D eigenvalue weighted by molar-refractivity contribution is 5.73. The lowest BCUT2D eigenvalue weighted by atomic mass is 9.83. The molecule has 2 aromatic carbocycles. The Balaban J connectivity index is 1.77. The Morgan fingerprint density at radius 1 is 1.16 bits per heavy atom. The summed E-state index contributed by atoms with van der Waals surface area (Å²) < 4.78 is 27.3. The monoisotopic (exact) mass is 444 g/mol. The number of amides is 1. The van der Waals surface area contributed by atoms with Crippen molar-refractivity contribution in [2.24, 2.45) is 0 Å². The highest BCUT2D eigenvalue weighted by atomic mass is 19.1. The first-order chi connectivity index (χ1) is 15.0. The van der Waals surface area contributed by atoms with Gasteiger partial charge in [-0.3, -0.25) is 4.79 Å². The molecule has 32 heavy (non-hydrogen) atoms. The van der Waals surface area contributed by atoms with Crippen LogP contribution in [0.1, 0.15) is 69.7 Å². The van der Waals surface area contributed by atoms with Crippen LogP contribution in [0, 0.1) is 11.6 Å². The molecule has 1 amide bonds. The maximum absolute atomic E-state index is 13.6. The number of carbonyl (C=O) groups is 1. The van der Waals surface area contributed by atoms with Gasteiger partial charge < -0.3 is 15.7 Å². The third-order valence-electron chi connectivity index (χ3n) is 6.17. The Morgan fingerprint density at radius 3 is 2.47 bits per heavy atom. The quantitative estimate of drug-likeness (QED) is 0.612. The van der Waals surface area contributed by atoms with Gasteiger partial charge in [-0.2, -0.15) is 0 Å². The predicted molar refractivity (Wildman–Crippen MR) is 122 cm³/mol. The van der Waals surface area contributed by atoms with Crippen LogP contribution < -0.4 is 10.6 Å². The van der Waals surface area contributed by atoms with Crippen LogP contribution in [0.5, 0.6) is 0 Å². The molecule has 0 aliphatic carbocycles. The average molecular weight is 445 g/mol. The highest BCUT2D eigenvalue weighted by Gasteiger charge is 2.33. The molecule has 174 valence electrons. The molecule has 1 aliphatic heterocycles. The number of halogens is 2. The molecule has 0 spiro atoms. The molecule has 2 aromatic rings. The Morgan fingerprint density at radius 2 is 1.84 bits per heavy atom. The van der Waals surface area contributed by atoms with Crippen molar-refractivity contribution in [1.29, 1.82) is 0 Å². The van der Waals surface area contributed by atoms with Crippen molar-refractivity contribution in [2.75, 3.05) is 0 Å². The zero-order chi connectivity index (χ0) is 23.5. The summed E-state index contributed by atoms with van der Waals surface area (Å²) in [6, 6.07) is 11.0. The minimum atomic E-state index is -0.904. The molecular weight excluding hydrogens is 410 g/mol. The second kappa shape index (κ2) is 10.1. The van der Waals surface area contributed by atoms with Gasteiger partial charge in [0.15, 0.2) is 0 Å². The SMILES string of the molecule is CC(=O)NC(Cc1cc(F)cc(F)c1)C(O)C1CCCC(c2cccc(C(C)(C)C)c2)N1. The summed E-state index contributed by atoms with van der Waals surface area (Å²) in [5.74, 6) is -1.65. The first-order valence-electron chi connectivity index (χ1n) is 11.3. The fourth-order valence-corrected chi connectivity index (χ4v) is 4.50. The first kappa shape index (κ1) is 24.3. The lowest BCUT2D eigenvalue weighted by molar-refractivity contribution is -0.120. The van der Waals surface area contributed by atoms with E-state index in [4.69, 9.17) is 0 Å². The van der Waals surface area contributed by atoms with Crippen molar-refractivity contribution in [3.05, 3.63) is 70.8 Å². The van der Waals surface area contributed by atoms with E-state index in [0.717, 1.165) is 25.3 Å². The number of aliphatic hydroxyl groups excluding tert-OH is 1. The second-order valence-electron chi connectivity index (χ2n) is 9.91. The molecular formula is C26H34F2N2O2. The molecule has 1 saturated heterocycles. The van der Waals surface area contributed by atoms with Crippen LogP contribution in [-0.4, -0.2) is 29.2 Å². The van der Waals surface area contributed by atoms with E-state index in [1.807, 2.05) is 0 Å². The molecule has 3 N–H and O–H groups in total. The summed E-state index contributed by atoms with van der Waals surface area (Å²) in [4.78, 5) is 11.8. The van der Waals surface area contributed by atoms with E-state index in [-0.39, 0.29) is 29.8 Å². The van der Waals surface area contributed by atoms with Crippen molar-refractivity contribution >= 4 is 5.91 Å². The van der Waals surface area contributed by atoms with Gasteiger partial charge in [0.25, 0.3) is 0 Å². The molecule has 0 bridgehead atoms. The molecule has 4 unspecified atom stereocenters.